The van der Waals surface area contributed by atoms with E-state index in [0.29, 0.717) is 18.1 Å². The molecule has 0 amide bonds. The van der Waals surface area contributed by atoms with Crippen LogP contribution in [0.25, 0.3) is 22.1 Å². The number of rotatable bonds is 4. The number of hydrogen-bond donors (Lipinski definition) is 4. The van der Waals surface area contributed by atoms with Crippen LogP contribution in [0.4, 0.5) is 5.95 Å². The first-order chi connectivity index (χ1) is 12.5. The molecule has 0 saturated heterocycles. The maximum absolute atomic E-state index is 9.58. The summed E-state index contributed by atoms with van der Waals surface area (Å²) in [6.45, 7) is 2.51. The van der Waals surface area contributed by atoms with Gasteiger partial charge in [0.15, 0.2) is 17.1 Å². The van der Waals surface area contributed by atoms with Crippen molar-refractivity contribution < 1.29 is 10.2 Å². The van der Waals surface area contributed by atoms with Gasteiger partial charge in [-0.05, 0) is 30.2 Å². The van der Waals surface area contributed by atoms with Crippen molar-refractivity contribution in [2.75, 3.05) is 12.5 Å². The second-order valence-electron chi connectivity index (χ2n) is 6.25. The van der Waals surface area contributed by atoms with Crippen LogP contribution in [0, 0.1) is 6.92 Å². The molecule has 0 aliphatic rings. The van der Waals surface area contributed by atoms with E-state index in [2.05, 4.69) is 25.6 Å². The Bertz CT molecular complexity index is 1110. The molecule has 26 heavy (non-hydrogen) atoms. The molecule has 4 rings (SSSR count). The lowest BCUT2D eigenvalue weighted by molar-refractivity contribution is 0.383. The van der Waals surface area contributed by atoms with E-state index in [1.54, 1.807) is 11.1 Å². The van der Waals surface area contributed by atoms with E-state index < -0.39 is 0 Å². The van der Waals surface area contributed by atoms with Crippen molar-refractivity contribution >= 4 is 28.0 Å². The van der Waals surface area contributed by atoms with Crippen LogP contribution in [-0.2, 0) is 6.54 Å². The number of phenols is 2. The SMILES string of the molecule is Cc1cccc2c1[nH]c1nc(NN(C)Cc3ccc(O)c(O)c3)nnc12. The minimum Gasteiger partial charge on any atom is -0.504 e. The number of fused-ring (bicyclic) bond motifs is 3. The molecule has 0 atom stereocenters. The normalized spacial score (nSPS) is 11.5. The second kappa shape index (κ2) is 6.16. The summed E-state index contributed by atoms with van der Waals surface area (Å²) in [6, 6.07) is 10.7. The predicted octanol–water partition coefficient (Wildman–Crippen LogP) is 2.68. The van der Waals surface area contributed by atoms with Crippen molar-refractivity contribution in [3.05, 3.63) is 47.5 Å². The first-order valence-corrected chi connectivity index (χ1v) is 8.11. The van der Waals surface area contributed by atoms with Gasteiger partial charge in [0.25, 0.3) is 5.95 Å². The molecule has 0 bridgehead atoms. The lowest BCUT2D eigenvalue weighted by Gasteiger charge is -2.17. The molecule has 8 heteroatoms. The third-order valence-electron chi connectivity index (χ3n) is 4.21. The highest BCUT2D eigenvalue weighted by Gasteiger charge is 2.11. The Labute approximate surface area is 149 Å². The number of aromatic nitrogens is 4. The maximum Gasteiger partial charge on any atom is 0.259 e. The van der Waals surface area contributed by atoms with Gasteiger partial charge in [-0.3, -0.25) is 5.43 Å². The van der Waals surface area contributed by atoms with Gasteiger partial charge in [0, 0.05) is 19.0 Å². The van der Waals surface area contributed by atoms with E-state index in [0.717, 1.165) is 27.5 Å². The van der Waals surface area contributed by atoms with Gasteiger partial charge >= 0.3 is 0 Å². The summed E-state index contributed by atoms with van der Waals surface area (Å²) in [5.74, 6) is 0.0762. The van der Waals surface area contributed by atoms with Crippen molar-refractivity contribution in [3.8, 4) is 11.5 Å². The number of benzene rings is 2. The van der Waals surface area contributed by atoms with E-state index in [4.69, 9.17) is 0 Å². The van der Waals surface area contributed by atoms with Crippen molar-refractivity contribution in [1.82, 2.24) is 25.2 Å². The Hall–Kier alpha value is -3.39. The molecule has 0 spiro atoms. The molecule has 2 aromatic heterocycles. The standard InChI is InChI=1S/C18H18N6O2/c1-10-4-3-5-12-15(10)19-17-16(12)21-22-18(20-17)23-24(2)9-11-6-7-13(25)14(26)8-11/h3-8,25-26H,9H2,1-2H3,(H2,19,20,22,23). The summed E-state index contributed by atoms with van der Waals surface area (Å²) in [5.41, 5.74) is 7.42. The number of phenolic OH excluding ortho intramolecular Hbond substituents is 2. The Kier molecular flexibility index (Phi) is 3.81. The zero-order valence-corrected chi connectivity index (χ0v) is 14.4. The number of hydrogen-bond acceptors (Lipinski definition) is 7. The van der Waals surface area contributed by atoms with Crippen LogP contribution in [0.1, 0.15) is 11.1 Å². The Morgan fingerprint density at radius 2 is 1.96 bits per heavy atom. The predicted molar refractivity (Wildman–Crippen MR) is 98.8 cm³/mol. The Morgan fingerprint density at radius 1 is 1.12 bits per heavy atom. The Morgan fingerprint density at radius 3 is 2.77 bits per heavy atom. The van der Waals surface area contributed by atoms with Gasteiger partial charge < -0.3 is 15.2 Å². The summed E-state index contributed by atoms with van der Waals surface area (Å²) < 4.78 is 0. The molecule has 0 saturated carbocycles. The number of aryl methyl sites for hydroxylation is 1. The van der Waals surface area contributed by atoms with Crippen molar-refractivity contribution in [3.63, 3.8) is 0 Å². The largest absolute Gasteiger partial charge is 0.504 e. The van der Waals surface area contributed by atoms with E-state index in [1.807, 2.05) is 32.2 Å². The summed E-state index contributed by atoms with van der Waals surface area (Å²) >= 11 is 0. The summed E-state index contributed by atoms with van der Waals surface area (Å²) in [7, 11) is 1.83. The number of hydrazine groups is 1. The molecule has 132 valence electrons. The number of para-hydroxylation sites is 1. The number of nitrogens with one attached hydrogen (secondary N) is 2. The molecule has 0 unspecified atom stereocenters. The number of H-pyrrole nitrogens is 1. The Balaban J connectivity index is 1.57. The van der Waals surface area contributed by atoms with Gasteiger partial charge in [0.1, 0.15) is 5.52 Å². The molecule has 0 aliphatic heterocycles. The highest BCUT2D eigenvalue weighted by Crippen LogP contribution is 2.26. The monoisotopic (exact) mass is 350 g/mol. The van der Waals surface area contributed by atoms with E-state index in [9.17, 15) is 10.2 Å². The fourth-order valence-corrected chi connectivity index (χ4v) is 2.94. The van der Waals surface area contributed by atoms with Crippen LogP contribution in [0.3, 0.4) is 0 Å². The van der Waals surface area contributed by atoms with Crippen molar-refractivity contribution in [1.29, 1.82) is 0 Å². The number of aromatic amines is 1. The highest BCUT2D eigenvalue weighted by atomic mass is 16.3. The fraction of sp³-hybridized carbons (Fsp3) is 0.167. The molecular weight excluding hydrogens is 332 g/mol. The third-order valence-corrected chi connectivity index (χ3v) is 4.21. The molecule has 8 nitrogen and oxygen atoms in total. The van der Waals surface area contributed by atoms with Gasteiger partial charge in [-0.1, -0.05) is 24.3 Å². The second-order valence-corrected chi connectivity index (χ2v) is 6.25. The van der Waals surface area contributed by atoms with Crippen LogP contribution in [-0.4, -0.2) is 42.4 Å². The minimum absolute atomic E-state index is 0.142. The minimum atomic E-state index is -0.149. The summed E-state index contributed by atoms with van der Waals surface area (Å²) in [4.78, 5) is 7.79. The zero-order valence-electron chi connectivity index (χ0n) is 14.4. The average molecular weight is 350 g/mol. The summed E-state index contributed by atoms with van der Waals surface area (Å²) in [6.07, 6.45) is 0. The van der Waals surface area contributed by atoms with E-state index in [-0.39, 0.29) is 11.5 Å². The number of anilines is 1. The lowest BCUT2D eigenvalue weighted by atomic mass is 10.1. The van der Waals surface area contributed by atoms with Gasteiger partial charge in [-0.25, -0.2) is 5.01 Å². The average Bonchev–Trinajstić information content (AvgIpc) is 2.97. The van der Waals surface area contributed by atoms with Crippen LogP contribution >= 0.6 is 0 Å². The van der Waals surface area contributed by atoms with Gasteiger partial charge in [-0.2, -0.15) is 4.98 Å². The van der Waals surface area contributed by atoms with E-state index in [1.165, 1.54) is 12.1 Å². The molecule has 4 aromatic rings. The van der Waals surface area contributed by atoms with Crippen LogP contribution in [0.15, 0.2) is 36.4 Å². The topological polar surface area (TPSA) is 110 Å². The number of nitrogens with zero attached hydrogens (tertiary/aromatic N) is 4. The first kappa shape index (κ1) is 16.1. The maximum atomic E-state index is 9.58. The van der Waals surface area contributed by atoms with Crippen molar-refractivity contribution in [2.24, 2.45) is 0 Å². The molecule has 0 fully saturated rings. The van der Waals surface area contributed by atoms with Gasteiger partial charge in [-0.15, -0.1) is 10.2 Å². The van der Waals surface area contributed by atoms with Gasteiger partial charge in [0.2, 0.25) is 0 Å². The van der Waals surface area contributed by atoms with Crippen LogP contribution in [0.2, 0.25) is 0 Å². The van der Waals surface area contributed by atoms with E-state index >= 15 is 0 Å². The zero-order chi connectivity index (χ0) is 18.3. The highest BCUT2D eigenvalue weighted by molar-refractivity contribution is 6.04. The molecular formula is C18H18N6O2. The smallest absolute Gasteiger partial charge is 0.259 e. The molecule has 2 heterocycles. The molecule has 0 aliphatic carbocycles. The first-order valence-electron chi connectivity index (χ1n) is 8.11. The van der Waals surface area contributed by atoms with Crippen LogP contribution in [0.5, 0.6) is 11.5 Å². The number of aromatic hydroxyl groups is 2. The molecule has 4 N–H and O–H groups in total. The lowest BCUT2D eigenvalue weighted by Crippen LogP contribution is -2.26. The quantitative estimate of drug-likeness (QED) is 0.331. The summed E-state index contributed by atoms with van der Waals surface area (Å²) in [5, 5.41) is 30.2. The van der Waals surface area contributed by atoms with Crippen molar-refractivity contribution in [2.45, 2.75) is 13.5 Å². The van der Waals surface area contributed by atoms with Crippen LogP contribution < -0.4 is 5.43 Å². The molecule has 2 aromatic carbocycles. The third kappa shape index (κ3) is 2.86. The van der Waals surface area contributed by atoms with Gasteiger partial charge in [0.05, 0.1) is 5.52 Å². The fourth-order valence-electron chi connectivity index (χ4n) is 2.94. The molecule has 0 radical (unpaired) electrons.